The molecule has 0 spiro atoms. The van der Waals surface area contributed by atoms with Crippen LogP contribution in [-0.2, 0) is 6.54 Å². The quantitative estimate of drug-likeness (QED) is 0.904. The molecule has 0 bridgehead atoms. The molecular formula is C14H20N4O. The van der Waals surface area contributed by atoms with Gasteiger partial charge in [-0.25, -0.2) is 9.97 Å². The van der Waals surface area contributed by atoms with Crippen LogP contribution in [0.1, 0.15) is 25.5 Å². The van der Waals surface area contributed by atoms with Crippen LogP contribution in [0.15, 0.2) is 24.7 Å². The van der Waals surface area contributed by atoms with E-state index in [1.165, 1.54) is 0 Å². The molecule has 3 rings (SSSR count). The van der Waals surface area contributed by atoms with Gasteiger partial charge in [0.05, 0.1) is 11.9 Å². The Bertz CT molecular complexity index is 553. The van der Waals surface area contributed by atoms with E-state index in [0.29, 0.717) is 12.0 Å². The molecular weight excluding hydrogens is 240 g/mol. The minimum Gasteiger partial charge on any atom is -0.396 e. The largest absolute Gasteiger partial charge is 0.396 e. The van der Waals surface area contributed by atoms with Gasteiger partial charge in [0.1, 0.15) is 0 Å². The summed E-state index contributed by atoms with van der Waals surface area (Å²) in [5.74, 6) is 1.16. The molecule has 2 aromatic heterocycles. The van der Waals surface area contributed by atoms with Crippen molar-refractivity contribution < 1.29 is 5.11 Å². The van der Waals surface area contributed by atoms with Gasteiger partial charge in [-0.2, -0.15) is 0 Å². The topological polar surface area (TPSA) is 53.7 Å². The fourth-order valence-corrected chi connectivity index (χ4v) is 2.83. The van der Waals surface area contributed by atoms with E-state index < -0.39 is 0 Å². The maximum Gasteiger partial charge on any atom is 0.233 e. The van der Waals surface area contributed by atoms with E-state index in [1.54, 1.807) is 6.20 Å². The van der Waals surface area contributed by atoms with Crippen molar-refractivity contribution in [1.82, 2.24) is 19.3 Å². The Morgan fingerprint density at radius 2 is 2.26 bits per heavy atom. The standard InChI is InChI=1S/C14H20N4O/c1-11-3-4-12(10-19)8-17(11)9-13-7-16-14-15-5-2-6-18(13)14/h2,5-7,11-12,19H,3-4,8-10H2,1H3. The molecule has 1 N–H and O–H groups in total. The van der Waals surface area contributed by atoms with Gasteiger partial charge in [0.25, 0.3) is 0 Å². The van der Waals surface area contributed by atoms with Gasteiger partial charge in [0.2, 0.25) is 5.78 Å². The molecule has 1 fully saturated rings. The van der Waals surface area contributed by atoms with Crippen LogP contribution < -0.4 is 0 Å². The van der Waals surface area contributed by atoms with Crippen LogP contribution in [0, 0.1) is 5.92 Å². The fraction of sp³-hybridized carbons (Fsp3) is 0.571. The summed E-state index contributed by atoms with van der Waals surface area (Å²) in [7, 11) is 0. The van der Waals surface area contributed by atoms with Crippen molar-refractivity contribution in [3.05, 3.63) is 30.4 Å². The molecule has 1 aliphatic heterocycles. The van der Waals surface area contributed by atoms with E-state index in [-0.39, 0.29) is 6.61 Å². The van der Waals surface area contributed by atoms with Crippen LogP contribution in [0.4, 0.5) is 0 Å². The average Bonchev–Trinajstić information content (AvgIpc) is 2.85. The van der Waals surface area contributed by atoms with Gasteiger partial charge < -0.3 is 5.11 Å². The first-order valence-electron chi connectivity index (χ1n) is 6.90. The second-order valence-electron chi connectivity index (χ2n) is 5.44. The van der Waals surface area contributed by atoms with Crippen molar-refractivity contribution in [2.24, 2.45) is 5.92 Å². The van der Waals surface area contributed by atoms with Gasteiger partial charge in [-0.15, -0.1) is 0 Å². The lowest BCUT2D eigenvalue weighted by Crippen LogP contribution is -2.42. The SMILES string of the molecule is CC1CCC(CO)CN1Cc1cnc2ncccn12. The minimum atomic E-state index is 0.290. The summed E-state index contributed by atoms with van der Waals surface area (Å²) in [6.07, 6.45) is 7.95. The Morgan fingerprint density at radius 1 is 1.37 bits per heavy atom. The molecule has 0 saturated carbocycles. The lowest BCUT2D eigenvalue weighted by molar-refractivity contribution is 0.0760. The monoisotopic (exact) mass is 260 g/mol. The smallest absolute Gasteiger partial charge is 0.233 e. The minimum absolute atomic E-state index is 0.290. The average molecular weight is 260 g/mol. The van der Waals surface area contributed by atoms with Crippen LogP contribution in [0.3, 0.4) is 0 Å². The third kappa shape index (κ3) is 2.48. The molecule has 5 heteroatoms. The zero-order valence-corrected chi connectivity index (χ0v) is 11.2. The third-order valence-electron chi connectivity index (χ3n) is 4.10. The highest BCUT2D eigenvalue weighted by molar-refractivity contribution is 5.30. The van der Waals surface area contributed by atoms with Gasteiger partial charge in [-0.1, -0.05) is 0 Å². The molecule has 0 radical (unpaired) electrons. The molecule has 0 amide bonds. The van der Waals surface area contributed by atoms with E-state index in [0.717, 1.165) is 37.4 Å². The number of aliphatic hydroxyl groups excluding tert-OH is 1. The highest BCUT2D eigenvalue weighted by atomic mass is 16.3. The molecule has 3 heterocycles. The number of aromatic nitrogens is 3. The summed E-state index contributed by atoms with van der Waals surface area (Å²) in [6.45, 7) is 4.38. The van der Waals surface area contributed by atoms with Crippen molar-refractivity contribution in [3.8, 4) is 0 Å². The number of hydrogen-bond donors (Lipinski definition) is 1. The maximum atomic E-state index is 9.34. The second kappa shape index (κ2) is 5.27. The summed E-state index contributed by atoms with van der Waals surface area (Å²) in [6, 6.07) is 2.49. The van der Waals surface area contributed by atoms with Crippen molar-refractivity contribution in [2.45, 2.75) is 32.4 Å². The fourth-order valence-electron chi connectivity index (χ4n) is 2.83. The summed E-state index contributed by atoms with van der Waals surface area (Å²) >= 11 is 0. The van der Waals surface area contributed by atoms with Crippen molar-refractivity contribution in [2.75, 3.05) is 13.2 Å². The number of hydrogen-bond acceptors (Lipinski definition) is 4. The number of likely N-dealkylation sites (tertiary alicyclic amines) is 1. The summed E-state index contributed by atoms with van der Waals surface area (Å²) in [5.41, 5.74) is 1.16. The molecule has 0 aliphatic carbocycles. The molecule has 2 unspecified atom stereocenters. The van der Waals surface area contributed by atoms with Gasteiger partial charge in [-0.05, 0) is 31.7 Å². The molecule has 0 aromatic carbocycles. The molecule has 19 heavy (non-hydrogen) atoms. The van der Waals surface area contributed by atoms with Gasteiger partial charge in [0, 0.05) is 38.1 Å². The second-order valence-corrected chi connectivity index (χ2v) is 5.44. The van der Waals surface area contributed by atoms with E-state index in [9.17, 15) is 5.11 Å². The first kappa shape index (κ1) is 12.6. The Labute approximate surface area is 112 Å². The maximum absolute atomic E-state index is 9.34. The van der Waals surface area contributed by atoms with Crippen LogP contribution in [-0.4, -0.2) is 43.6 Å². The molecule has 1 aliphatic rings. The summed E-state index contributed by atoms with van der Waals surface area (Å²) < 4.78 is 2.04. The molecule has 102 valence electrons. The Kier molecular flexibility index (Phi) is 3.48. The lowest BCUT2D eigenvalue weighted by atomic mass is 9.94. The van der Waals surface area contributed by atoms with Crippen molar-refractivity contribution in [3.63, 3.8) is 0 Å². The van der Waals surface area contributed by atoms with Crippen molar-refractivity contribution >= 4 is 5.78 Å². The van der Waals surface area contributed by atoms with E-state index in [1.807, 2.05) is 22.9 Å². The molecule has 5 nitrogen and oxygen atoms in total. The van der Waals surface area contributed by atoms with E-state index in [2.05, 4.69) is 21.8 Å². The highest BCUT2D eigenvalue weighted by Gasteiger charge is 2.25. The van der Waals surface area contributed by atoms with Crippen LogP contribution in [0.5, 0.6) is 0 Å². The van der Waals surface area contributed by atoms with Gasteiger partial charge in [-0.3, -0.25) is 9.30 Å². The zero-order valence-electron chi connectivity index (χ0n) is 11.2. The summed E-state index contributed by atoms with van der Waals surface area (Å²) in [4.78, 5) is 11.0. The van der Waals surface area contributed by atoms with E-state index >= 15 is 0 Å². The lowest BCUT2D eigenvalue weighted by Gasteiger charge is -2.37. The predicted octanol–water partition coefficient (Wildman–Crippen LogP) is 1.32. The predicted molar refractivity (Wildman–Crippen MR) is 72.7 cm³/mol. The van der Waals surface area contributed by atoms with Crippen LogP contribution in [0.2, 0.25) is 0 Å². The number of piperidine rings is 1. The number of aliphatic hydroxyl groups is 1. The normalized spacial score (nSPS) is 24.9. The van der Waals surface area contributed by atoms with Crippen LogP contribution >= 0.6 is 0 Å². The van der Waals surface area contributed by atoms with E-state index in [4.69, 9.17) is 0 Å². The Balaban J connectivity index is 1.80. The number of rotatable bonds is 3. The third-order valence-corrected chi connectivity index (χ3v) is 4.10. The van der Waals surface area contributed by atoms with Gasteiger partial charge >= 0.3 is 0 Å². The van der Waals surface area contributed by atoms with Crippen molar-refractivity contribution in [1.29, 1.82) is 0 Å². The number of fused-ring (bicyclic) bond motifs is 1. The molecule has 2 atom stereocenters. The first-order chi connectivity index (χ1) is 9.28. The van der Waals surface area contributed by atoms with Gasteiger partial charge in [0.15, 0.2) is 0 Å². The zero-order chi connectivity index (χ0) is 13.2. The Hall–Kier alpha value is -1.46. The molecule has 1 saturated heterocycles. The number of nitrogens with zero attached hydrogens (tertiary/aromatic N) is 4. The molecule has 2 aromatic rings. The van der Waals surface area contributed by atoms with Crippen LogP contribution in [0.25, 0.3) is 5.78 Å². The number of imidazole rings is 1. The Morgan fingerprint density at radius 3 is 3.11 bits per heavy atom. The first-order valence-corrected chi connectivity index (χ1v) is 6.90. The highest BCUT2D eigenvalue weighted by Crippen LogP contribution is 2.23. The summed E-state index contributed by atoms with van der Waals surface area (Å²) in [5, 5.41) is 9.34.